The number of fused-ring (bicyclic) bond motifs is 1. The summed E-state index contributed by atoms with van der Waals surface area (Å²) in [5, 5.41) is 7.23. The standard InChI is InChI=1S/C19H22N2O3/c1-5-10-20-17(22)15-11-13-8-6-7-9-14(13)12-16(15)21-18(23)24-19(2,3)4/h5-9,11-12H,1,10H2,2-4H3,(H,20,22)(H,21,23). The lowest BCUT2D eigenvalue weighted by atomic mass is 10.0. The lowest BCUT2D eigenvalue weighted by Crippen LogP contribution is -2.29. The van der Waals surface area contributed by atoms with Gasteiger partial charge in [0, 0.05) is 6.54 Å². The molecule has 0 bridgehead atoms. The van der Waals surface area contributed by atoms with Crippen LogP contribution in [0.4, 0.5) is 10.5 Å². The smallest absolute Gasteiger partial charge is 0.412 e. The highest BCUT2D eigenvalue weighted by Gasteiger charge is 2.19. The van der Waals surface area contributed by atoms with E-state index in [-0.39, 0.29) is 5.91 Å². The average Bonchev–Trinajstić information content (AvgIpc) is 2.50. The number of hydrogen-bond donors (Lipinski definition) is 2. The molecule has 0 spiro atoms. The van der Waals surface area contributed by atoms with Crippen LogP contribution >= 0.6 is 0 Å². The summed E-state index contributed by atoms with van der Waals surface area (Å²) in [5.74, 6) is -0.285. The average molecular weight is 326 g/mol. The summed E-state index contributed by atoms with van der Waals surface area (Å²) in [6.45, 7) is 9.27. The van der Waals surface area contributed by atoms with Crippen molar-refractivity contribution in [2.45, 2.75) is 26.4 Å². The first kappa shape index (κ1) is 17.5. The molecule has 2 aromatic rings. The molecule has 0 aromatic heterocycles. The van der Waals surface area contributed by atoms with Crippen LogP contribution in [0.5, 0.6) is 0 Å². The van der Waals surface area contributed by atoms with Gasteiger partial charge in [-0.05, 0) is 43.7 Å². The summed E-state index contributed by atoms with van der Waals surface area (Å²) >= 11 is 0. The Balaban J connectivity index is 2.39. The molecule has 0 saturated heterocycles. The lowest BCUT2D eigenvalue weighted by molar-refractivity contribution is 0.0636. The van der Waals surface area contributed by atoms with E-state index in [9.17, 15) is 9.59 Å². The molecule has 2 amide bonds. The van der Waals surface area contributed by atoms with E-state index >= 15 is 0 Å². The van der Waals surface area contributed by atoms with Gasteiger partial charge in [0.2, 0.25) is 0 Å². The van der Waals surface area contributed by atoms with Crippen LogP contribution in [0.3, 0.4) is 0 Å². The van der Waals surface area contributed by atoms with E-state index in [0.29, 0.717) is 17.8 Å². The largest absolute Gasteiger partial charge is 0.444 e. The molecule has 2 rings (SSSR count). The predicted molar refractivity (Wildman–Crippen MR) is 96.3 cm³/mol. The predicted octanol–water partition coefficient (Wildman–Crippen LogP) is 4.10. The second-order valence-electron chi connectivity index (χ2n) is 6.37. The number of carbonyl (C=O) groups is 2. The number of ether oxygens (including phenoxy) is 1. The summed E-state index contributed by atoms with van der Waals surface area (Å²) in [5.41, 5.74) is 0.164. The summed E-state index contributed by atoms with van der Waals surface area (Å²) in [7, 11) is 0. The number of rotatable bonds is 4. The third-order valence-electron chi connectivity index (χ3n) is 3.17. The zero-order valence-electron chi connectivity index (χ0n) is 14.2. The summed E-state index contributed by atoms with van der Waals surface area (Å²) in [4.78, 5) is 24.5. The fourth-order valence-corrected chi connectivity index (χ4v) is 2.21. The number of amides is 2. The highest BCUT2D eigenvalue weighted by molar-refractivity contribution is 6.07. The molecule has 0 radical (unpaired) electrons. The van der Waals surface area contributed by atoms with E-state index in [2.05, 4.69) is 17.2 Å². The molecule has 0 aliphatic carbocycles. The monoisotopic (exact) mass is 326 g/mol. The Morgan fingerprint density at radius 2 is 1.79 bits per heavy atom. The number of hydrogen-bond acceptors (Lipinski definition) is 3. The van der Waals surface area contributed by atoms with Crippen LogP contribution in [-0.4, -0.2) is 24.1 Å². The molecule has 5 heteroatoms. The number of nitrogens with one attached hydrogen (secondary N) is 2. The van der Waals surface area contributed by atoms with Crippen LogP contribution in [0.2, 0.25) is 0 Å². The fourth-order valence-electron chi connectivity index (χ4n) is 2.21. The molecular weight excluding hydrogens is 304 g/mol. The van der Waals surface area contributed by atoms with Gasteiger partial charge in [-0.15, -0.1) is 6.58 Å². The van der Waals surface area contributed by atoms with Gasteiger partial charge in [-0.3, -0.25) is 10.1 Å². The van der Waals surface area contributed by atoms with Crippen LogP contribution in [0, 0.1) is 0 Å². The third kappa shape index (κ3) is 4.59. The molecule has 0 aliphatic heterocycles. The van der Waals surface area contributed by atoms with E-state index in [4.69, 9.17) is 4.74 Å². The maximum atomic E-state index is 12.4. The fraction of sp³-hybridized carbons (Fsp3) is 0.263. The topological polar surface area (TPSA) is 67.4 Å². The normalized spacial score (nSPS) is 11.0. The van der Waals surface area contributed by atoms with Gasteiger partial charge in [0.15, 0.2) is 0 Å². The van der Waals surface area contributed by atoms with Gasteiger partial charge in [0.05, 0.1) is 11.3 Å². The van der Waals surface area contributed by atoms with E-state index in [1.807, 2.05) is 24.3 Å². The second-order valence-corrected chi connectivity index (χ2v) is 6.37. The summed E-state index contributed by atoms with van der Waals surface area (Å²) in [6, 6.07) is 11.1. The van der Waals surface area contributed by atoms with Crippen LogP contribution in [0.25, 0.3) is 10.8 Å². The molecule has 0 heterocycles. The Hall–Kier alpha value is -2.82. The minimum absolute atomic E-state index is 0.285. The molecule has 5 nitrogen and oxygen atoms in total. The maximum absolute atomic E-state index is 12.4. The molecule has 0 unspecified atom stereocenters. The SMILES string of the molecule is C=CCNC(=O)c1cc2ccccc2cc1NC(=O)OC(C)(C)C. The molecule has 2 N–H and O–H groups in total. The van der Waals surface area contributed by atoms with E-state index < -0.39 is 11.7 Å². The Morgan fingerprint density at radius 1 is 1.17 bits per heavy atom. The minimum atomic E-state index is -0.619. The van der Waals surface area contributed by atoms with E-state index in [0.717, 1.165) is 10.8 Å². The molecule has 126 valence electrons. The van der Waals surface area contributed by atoms with Gasteiger partial charge in [-0.2, -0.15) is 0 Å². The first-order chi connectivity index (χ1) is 11.3. The Labute approximate surface area is 141 Å². The third-order valence-corrected chi connectivity index (χ3v) is 3.17. The van der Waals surface area contributed by atoms with Gasteiger partial charge in [-0.1, -0.05) is 30.3 Å². The van der Waals surface area contributed by atoms with Gasteiger partial charge in [0.25, 0.3) is 5.91 Å². The van der Waals surface area contributed by atoms with Crippen molar-refractivity contribution in [1.29, 1.82) is 0 Å². The summed E-state index contributed by atoms with van der Waals surface area (Å²) in [6.07, 6.45) is 0.996. The van der Waals surface area contributed by atoms with Crippen molar-refractivity contribution in [3.8, 4) is 0 Å². The molecule has 2 aromatic carbocycles. The Bertz CT molecular complexity index is 776. The van der Waals surface area contributed by atoms with Crippen molar-refractivity contribution < 1.29 is 14.3 Å². The highest BCUT2D eigenvalue weighted by atomic mass is 16.6. The van der Waals surface area contributed by atoms with Gasteiger partial charge in [-0.25, -0.2) is 4.79 Å². The van der Waals surface area contributed by atoms with Gasteiger partial charge >= 0.3 is 6.09 Å². The first-order valence-electron chi connectivity index (χ1n) is 7.72. The van der Waals surface area contributed by atoms with E-state index in [1.54, 1.807) is 39.0 Å². The maximum Gasteiger partial charge on any atom is 0.412 e. The van der Waals surface area contributed by atoms with Crippen LogP contribution in [-0.2, 0) is 4.74 Å². The minimum Gasteiger partial charge on any atom is -0.444 e. The van der Waals surface area contributed by atoms with Crippen molar-refractivity contribution in [2.24, 2.45) is 0 Å². The van der Waals surface area contributed by atoms with Crippen LogP contribution < -0.4 is 10.6 Å². The molecular formula is C19H22N2O3. The molecule has 0 aliphatic rings. The molecule has 0 saturated carbocycles. The van der Waals surface area contributed by atoms with Crippen molar-refractivity contribution >= 4 is 28.5 Å². The second kappa shape index (κ2) is 7.17. The van der Waals surface area contributed by atoms with Crippen molar-refractivity contribution in [3.63, 3.8) is 0 Å². The summed E-state index contributed by atoms with van der Waals surface area (Å²) < 4.78 is 5.27. The first-order valence-corrected chi connectivity index (χ1v) is 7.72. The quantitative estimate of drug-likeness (QED) is 0.831. The molecule has 24 heavy (non-hydrogen) atoms. The molecule has 0 atom stereocenters. The van der Waals surface area contributed by atoms with E-state index in [1.165, 1.54) is 0 Å². The zero-order chi connectivity index (χ0) is 17.7. The number of carbonyl (C=O) groups excluding carboxylic acids is 2. The lowest BCUT2D eigenvalue weighted by Gasteiger charge is -2.20. The highest BCUT2D eigenvalue weighted by Crippen LogP contribution is 2.25. The zero-order valence-corrected chi connectivity index (χ0v) is 14.2. The van der Waals surface area contributed by atoms with Gasteiger partial charge < -0.3 is 10.1 Å². The Morgan fingerprint density at radius 3 is 2.38 bits per heavy atom. The number of anilines is 1. The van der Waals surface area contributed by atoms with Crippen LogP contribution in [0.15, 0.2) is 49.1 Å². The number of benzene rings is 2. The van der Waals surface area contributed by atoms with Crippen molar-refractivity contribution in [1.82, 2.24) is 5.32 Å². The van der Waals surface area contributed by atoms with Gasteiger partial charge in [0.1, 0.15) is 5.60 Å². The van der Waals surface area contributed by atoms with Crippen LogP contribution in [0.1, 0.15) is 31.1 Å². The molecule has 0 fully saturated rings. The van der Waals surface area contributed by atoms with Crippen molar-refractivity contribution in [2.75, 3.05) is 11.9 Å². The van der Waals surface area contributed by atoms with Crippen molar-refractivity contribution in [3.05, 3.63) is 54.6 Å². The Kier molecular flexibility index (Phi) is 5.24.